The Morgan fingerprint density at radius 2 is 2.04 bits per heavy atom. The molecule has 1 aromatic heterocycles. The average molecular weight is 357 g/mol. The average Bonchev–Trinajstić information content (AvgIpc) is 3.35. The van der Waals surface area contributed by atoms with E-state index in [1.165, 1.54) is 4.90 Å². The molecule has 1 atom stereocenters. The first-order valence-corrected chi connectivity index (χ1v) is 8.92. The zero-order valence-corrected chi connectivity index (χ0v) is 14.1. The van der Waals surface area contributed by atoms with Gasteiger partial charge in [0.2, 0.25) is 5.91 Å². The molecule has 3 amide bonds. The maximum Gasteiger partial charge on any atom is 0.289 e. The van der Waals surface area contributed by atoms with Crippen molar-refractivity contribution in [1.29, 1.82) is 0 Å². The molecule has 1 unspecified atom stereocenters. The largest absolute Gasteiger partial charge is 0.355 e. The Morgan fingerprint density at radius 3 is 2.76 bits per heavy atom. The molecule has 3 heterocycles. The number of hydrogen-bond acceptors (Lipinski definition) is 6. The summed E-state index contributed by atoms with van der Waals surface area (Å²) < 4.78 is 5.27. The molecule has 0 spiro atoms. The first kappa shape index (κ1) is 15.9. The summed E-state index contributed by atoms with van der Waals surface area (Å²) in [5.74, 6) is 0.288. The minimum Gasteiger partial charge on any atom is -0.355 e. The van der Waals surface area contributed by atoms with Crippen molar-refractivity contribution < 1.29 is 18.9 Å². The van der Waals surface area contributed by atoms with Crippen LogP contribution in [0.15, 0.2) is 40.9 Å². The summed E-state index contributed by atoms with van der Waals surface area (Å²) in [6, 6.07) is 10.8. The van der Waals surface area contributed by atoms with Crippen molar-refractivity contribution in [3.63, 3.8) is 0 Å². The molecule has 0 aliphatic carbocycles. The Hall–Kier alpha value is -2.61. The van der Waals surface area contributed by atoms with Gasteiger partial charge in [-0.25, -0.2) is 0 Å². The van der Waals surface area contributed by atoms with Gasteiger partial charge in [0.15, 0.2) is 11.5 Å². The van der Waals surface area contributed by atoms with Crippen molar-refractivity contribution in [2.75, 3.05) is 18.8 Å². The number of aromatic nitrogens is 1. The molecule has 25 heavy (non-hydrogen) atoms. The number of imide groups is 1. The SMILES string of the molecule is O=C(c1cc(-c2ccccc2)on1)N1CCC(N2C(=O)CSC2=O)C1. The Kier molecular flexibility index (Phi) is 4.04. The zero-order valence-electron chi connectivity index (χ0n) is 13.3. The van der Waals surface area contributed by atoms with Gasteiger partial charge >= 0.3 is 0 Å². The fourth-order valence-electron chi connectivity index (χ4n) is 3.13. The molecule has 0 N–H and O–H groups in total. The van der Waals surface area contributed by atoms with Gasteiger partial charge in [-0.15, -0.1) is 0 Å². The lowest BCUT2D eigenvalue weighted by Crippen LogP contribution is -2.41. The normalized spacial score (nSPS) is 20.6. The van der Waals surface area contributed by atoms with E-state index in [4.69, 9.17) is 4.52 Å². The van der Waals surface area contributed by atoms with Crippen LogP contribution in [0.5, 0.6) is 0 Å². The maximum absolute atomic E-state index is 12.6. The van der Waals surface area contributed by atoms with E-state index in [2.05, 4.69) is 5.16 Å². The molecule has 2 fully saturated rings. The highest BCUT2D eigenvalue weighted by atomic mass is 32.2. The number of thioether (sulfide) groups is 1. The molecule has 0 bridgehead atoms. The Bertz CT molecular complexity index is 819. The van der Waals surface area contributed by atoms with Crippen molar-refractivity contribution in [3.8, 4) is 11.3 Å². The summed E-state index contributed by atoms with van der Waals surface area (Å²) in [5.41, 5.74) is 1.08. The van der Waals surface area contributed by atoms with E-state index in [1.54, 1.807) is 11.0 Å². The molecule has 2 aliphatic heterocycles. The van der Waals surface area contributed by atoms with E-state index in [0.717, 1.165) is 17.3 Å². The third-order valence-corrected chi connectivity index (χ3v) is 5.22. The van der Waals surface area contributed by atoms with Crippen molar-refractivity contribution in [2.24, 2.45) is 0 Å². The summed E-state index contributed by atoms with van der Waals surface area (Å²) >= 11 is 1.01. The van der Waals surface area contributed by atoms with E-state index >= 15 is 0 Å². The second-order valence-corrected chi connectivity index (χ2v) is 6.88. The highest BCUT2D eigenvalue weighted by molar-refractivity contribution is 8.14. The molecule has 2 aromatic rings. The number of carbonyl (C=O) groups excluding carboxylic acids is 3. The second kappa shape index (κ2) is 6.36. The number of amides is 3. The third kappa shape index (κ3) is 2.93. The van der Waals surface area contributed by atoms with Crippen LogP contribution in [0.2, 0.25) is 0 Å². The van der Waals surface area contributed by atoms with E-state index in [0.29, 0.717) is 25.3 Å². The molecule has 7 nitrogen and oxygen atoms in total. The van der Waals surface area contributed by atoms with E-state index in [9.17, 15) is 14.4 Å². The summed E-state index contributed by atoms with van der Waals surface area (Å²) in [5, 5.41) is 3.65. The second-order valence-electron chi connectivity index (χ2n) is 5.95. The highest BCUT2D eigenvalue weighted by Gasteiger charge is 2.40. The molecule has 0 radical (unpaired) electrons. The van der Waals surface area contributed by atoms with E-state index < -0.39 is 0 Å². The molecule has 2 saturated heterocycles. The van der Waals surface area contributed by atoms with Crippen LogP contribution in [0.4, 0.5) is 4.79 Å². The van der Waals surface area contributed by atoms with Gasteiger partial charge in [0.25, 0.3) is 11.1 Å². The quantitative estimate of drug-likeness (QED) is 0.838. The summed E-state index contributed by atoms with van der Waals surface area (Å²) in [6.45, 7) is 0.823. The lowest BCUT2D eigenvalue weighted by molar-refractivity contribution is -0.126. The number of rotatable bonds is 3. The van der Waals surface area contributed by atoms with E-state index in [1.807, 2.05) is 30.3 Å². The van der Waals surface area contributed by atoms with Crippen LogP contribution in [-0.2, 0) is 4.79 Å². The first-order valence-electron chi connectivity index (χ1n) is 7.94. The van der Waals surface area contributed by atoms with Gasteiger partial charge in [0, 0.05) is 24.7 Å². The van der Waals surface area contributed by atoms with Crippen LogP contribution in [0.3, 0.4) is 0 Å². The molecule has 4 rings (SSSR count). The van der Waals surface area contributed by atoms with Crippen LogP contribution in [0.1, 0.15) is 16.9 Å². The molecule has 0 saturated carbocycles. The number of likely N-dealkylation sites (tertiary alicyclic amines) is 1. The van der Waals surface area contributed by atoms with Crippen LogP contribution in [0.25, 0.3) is 11.3 Å². The number of nitrogens with zero attached hydrogens (tertiary/aromatic N) is 3. The van der Waals surface area contributed by atoms with Crippen LogP contribution in [0, 0.1) is 0 Å². The first-order chi connectivity index (χ1) is 12.1. The van der Waals surface area contributed by atoms with Crippen LogP contribution < -0.4 is 0 Å². The number of hydrogen-bond donors (Lipinski definition) is 0. The standard InChI is InChI=1S/C17H15N3O4S/c21-15-10-25-17(23)20(15)12-6-7-19(9-12)16(22)13-8-14(24-18-13)11-4-2-1-3-5-11/h1-5,8,12H,6-7,9-10H2. The summed E-state index contributed by atoms with van der Waals surface area (Å²) in [7, 11) is 0. The monoisotopic (exact) mass is 357 g/mol. The molecule has 1 aromatic carbocycles. The predicted molar refractivity (Wildman–Crippen MR) is 90.9 cm³/mol. The van der Waals surface area contributed by atoms with Gasteiger partial charge in [-0.1, -0.05) is 47.3 Å². The van der Waals surface area contributed by atoms with E-state index in [-0.39, 0.29) is 34.5 Å². The predicted octanol–water partition coefficient (Wildman–Crippen LogP) is 2.25. The van der Waals surface area contributed by atoms with Gasteiger partial charge in [-0.2, -0.15) is 0 Å². The fraction of sp³-hybridized carbons (Fsp3) is 0.294. The van der Waals surface area contributed by atoms with Crippen molar-refractivity contribution in [3.05, 3.63) is 42.1 Å². The Morgan fingerprint density at radius 1 is 1.24 bits per heavy atom. The van der Waals surface area contributed by atoms with Crippen molar-refractivity contribution in [1.82, 2.24) is 15.0 Å². The Balaban J connectivity index is 1.46. The lowest BCUT2D eigenvalue weighted by atomic mass is 10.1. The fourth-order valence-corrected chi connectivity index (χ4v) is 3.91. The van der Waals surface area contributed by atoms with Crippen molar-refractivity contribution >= 4 is 28.8 Å². The topological polar surface area (TPSA) is 83.7 Å². The maximum atomic E-state index is 12.6. The number of carbonyl (C=O) groups is 3. The molecular formula is C17H15N3O4S. The van der Waals surface area contributed by atoms with Gasteiger partial charge in [-0.05, 0) is 6.42 Å². The molecule has 2 aliphatic rings. The smallest absolute Gasteiger partial charge is 0.289 e. The van der Waals surface area contributed by atoms with Crippen molar-refractivity contribution in [2.45, 2.75) is 12.5 Å². The van der Waals surface area contributed by atoms with Gasteiger partial charge in [0.05, 0.1) is 11.8 Å². The summed E-state index contributed by atoms with van der Waals surface area (Å²) in [4.78, 5) is 39.2. The molecular weight excluding hydrogens is 342 g/mol. The lowest BCUT2D eigenvalue weighted by Gasteiger charge is -2.21. The van der Waals surface area contributed by atoms with Crippen LogP contribution in [-0.4, -0.2) is 56.9 Å². The highest BCUT2D eigenvalue weighted by Crippen LogP contribution is 2.27. The minimum absolute atomic E-state index is 0.179. The molecule has 128 valence electrons. The van der Waals surface area contributed by atoms with Crippen LogP contribution >= 0.6 is 11.8 Å². The number of benzene rings is 1. The van der Waals surface area contributed by atoms with Gasteiger partial charge < -0.3 is 9.42 Å². The minimum atomic E-state index is -0.251. The summed E-state index contributed by atoms with van der Waals surface area (Å²) in [6.07, 6.45) is 0.590. The van der Waals surface area contributed by atoms with Gasteiger partial charge in [-0.3, -0.25) is 19.3 Å². The zero-order chi connectivity index (χ0) is 17.4. The molecule has 8 heteroatoms. The third-order valence-electron chi connectivity index (χ3n) is 4.39. The Labute approximate surface area is 147 Å². The van der Waals surface area contributed by atoms with Gasteiger partial charge in [0.1, 0.15) is 0 Å².